The molecule has 1 aromatic carbocycles. The number of rotatable bonds is 3. The van der Waals surface area contributed by atoms with Crippen LogP contribution in [0.4, 0.5) is 8.78 Å². The van der Waals surface area contributed by atoms with Crippen molar-refractivity contribution in [3.05, 3.63) is 47.2 Å². The number of hydrogen-bond donors (Lipinski definition) is 1. The summed E-state index contributed by atoms with van der Waals surface area (Å²) >= 11 is 0. The summed E-state index contributed by atoms with van der Waals surface area (Å²) in [5, 5.41) is 3.00. The van der Waals surface area contributed by atoms with Gasteiger partial charge in [0.2, 0.25) is 0 Å². The largest absolute Gasteiger partial charge is 0.501 e. The third kappa shape index (κ3) is 2.47. The molecule has 2 rings (SSSR count). The fraction of sp³-hybridized carbons (Fsp3) is 0.385. The molecule has 1 N–H and O–H groups in total. The summed E-state index contributed by atoms with van der Waals surface area (Å²) in [6.07, 6.45) is 3.39. The number of likely N-dealkylation sites (N-methyl/N-ethyl adjacent to an activating group) is 1. The van der Waals surface area contributed by atoms with Gasteiger partial charge in [0, 0.05) is 5.56 Å². The lowest BCUT2D eigenvalue weighted by Gasteiger charge is -2.23. The summed E-state index contributed by atoms with van der Waals surface area (Å²) in [4.78, 5) is 0. The zero-order chi connectivity index (χ0) is 12.3. The molecule has 1 aliphatic rings. The van der Waals surface area contributed by atoms with Gasteiger partial charge >= 0.3 is 0 Å². The van der Waals surface area contributed by atoms with E-state index in [4.69, 9.17) is 4.74 Å². The van der Waals surface area contributed by atoms with E-state index < -0.39 is 11.6 Å². The highest BCUT2D eigenvalue weighted by Gasteiger charge is 2.21. The maximum Gasteiger partial charge on any atom is 0.163 e. The average molecular weight is 239 g/mol. The maximum absolute atomic E-state index is 13.7. The molecule has 0 amide bonds. The van der Waals surface area contributed by atoms with E-state index in [-0.39, 0.29) is 6.04 Å². The van der Waals surface area contributed by atoms with Gasteiger partial charge in [-0.25, -0.2) is 8.78 Å². The number of ether oxygens (including phenoxy) is 1. The van der Waals surface area contributed by atoms with E-state index >= 15 is 0 Å². The second-order valence-corrected chi connectivity index (χ2v) is 4.03. The summed E-state index contributed by atoms with van der Waals surface area (Å²) in [6.45, 7) is 0.686. The van der Waals surface area contributed by atoms with E-state index in [1.165, 1.54) is 6.07 Å². The van der Waals surface area contributed by atoms with Crippen LogP contribution in [0.5, 0.6) is 0 Å². The molecule has 0 spiro atoms. The molecule has 1 aromatic rings. The summed E-state index contributed by atoms with van der Waals surface area (Å²) in [5.74, 6) is -1.61. The molecule has 4 heteroatoms. The minimum atomic E-state index is -0.819. The van der Waals surface area contributed by atoms with Gasteiger partial charge in [-0.15, -0.1) is 0 Å². The second-order valence-electron chi connectivity index (χ2n) is 4.03. The summed E-state index contributed by atoms with van der Waals surface area (Å²) in [5.41, 5.74) is 1.27. The lowest BCUT2D eigenvalue weighted by Crippen LogP contribution is -2.22. The number of hydrogen-bond acceptors (Lipinski definition) is 2. The van der Waals surface area contributed by atoms with Crippen LogP contribution in [0.15, 0.2) is 30.0 Å². The molecule has 0 saturated heterocycles. The van der Waals surface area contributed by atoms with Gasteiger partial charge in [-0.3, -0.25) is 0 Å². The first kappa shape index (κ1) is 12.0. The van der Waals surface area contributed by atoms with Crippen molar-refractivity contribution in [3.8, 4) is 0 Å². The minimum absolute atomic E-state index is 0.323. The van der Waals surface area contributed by atoms with Gasteiger partial charge in [0.15, 0.2) is 11.6 Å². The van der Waals surface area contributed by atoms with Crippen LogP contribution in [0.1, 0.15) is 24.4 Å². The van der Waals surface area contributed by atoms with E-state index in [1.807, 2.05) is 0 Å². The Hall–Kier alpha value is -1.42. The smallest absolute Gasteiger partial charge is 0.163 e. The number of nitrogens with one attached hydrogen (secondary N) is 1. The van der Waals surface area contributed by atoms with Crippen molar-refractivity contribution in [3.63, 3.8) is 0 Å². The number of halogens is 2. The van der Waals surface area contributed by atoms with Gasteiger partial charge in [0.1, 0.15) is 0 Å². The Morgan fingerprint density at radius 2 is 2.18 bits per heavy atom. The molecular weight excluding hydrogens is 224 g/mol. The minimum Gasteiger partial charge on any atom is -0.501 e. The molecule has 1 unspecified atom stereocenters. The first-order chi connectivity index (χ1) is 8.24. The lowest BCUT2D eigenvalue weighted by molar-refractivity contribution is 0.219. The van der Waals surface area contributed by atoms with Crippen LogP contribution in [0, 0.1) is 11.6 Å². The van der Waals surface area contributed by atoms with E-state index in [0.29, 0.717) is 12.2 Å². The predicted molar refractivity (Wildman–Crippen MR) is 61.4 cm³/mol. The Morgan fingerprint density at radius 1 is 1.35 bits per heavy atom. The highest BCUT2D eigenvalue weighted by atomic mass is 19.2. The van der Waals surface area contributed by atoms with Crippen molar-refractivity contribution < 1.29 is 13.5 Å². The Balaban J connectivity index is 2.34. The van der Waals surface area contributed by atoms with Gasteiger partial charge in [0.25, 0.3) is 0 Å². The monoisotopic (exact) mass is 239 g/mol. The number of benzene rings is 1. The van der Waals surface area contributed by atoms with Crippen LogP contribution in [-0.2, 0) is 4.74 Å². The fourth-order valence-electron chi connectivity index (χ4n) is 2.08. The third-order valence-electron chi connectivity index (χ3n) is 2.91. The first-order valence-corrected chi connectivity index (χ1v) is 5.65. The van der Waals surface area contributed by atoms with Crippen molar-refractivity contribution in [1.29, 1.82) is 0 Å². The van der Waals surface area contributed by atoms with Gasteiger partial charge in [-0.1, -0.05) is 12.1 Å². The Bertz CT molecular complexity index is 431. The normalized spacial score (nSPS) is 17.2. The third-order valence-corrected chi connectivity index (χ3v) is 2.91. The fourth-order valence-corrected chi connectivity index (χ4v) is 2.08. The van der Waals surface area contributed by atoms with Crippen LogP contribution in [0.25, 0.3) is 0 Å². The Kier molecular flexibility index (Phi) is 3.74. The second kappa shape index (κ2) is 5.27. The molecule has 0 fully saturated rings. The van der Waals surface area contributed by atoms with Crippen LogP contribution >= 0.6 is 0 Å². The van der Waals surface area contributed by atoms with E-state index in [9.17, 15) is 8.78 Å². The molecule has 0 radical (unpaired) electrons. The Labute approximate surface area is 99.3 Å². The van der Waals surface area contributed by atoms with Crippen LogP contribution in [0.2, 0.25) is 0 Å². The van der Waals surface area contributed by atoms with Gasteiger partial charge in [-0.2, -0.15) is 0 Å². The maximum atomic E-state index is 13.7. The molecule has 0 aromatic heterocycles. The molecule has 0 aliphatic carbocycles. The van der Waals surface area contributed by atoms with Gasteiger partial charge in [0.05, 0.1) is 18.9 Å². The van der Waals surface area contributed by atoms with Crippen LogP contribution < -0.4 is 5.32 Å². The first-order valence-electron chi connectivity index (χ1n) is 5.65. The molecule has 0 bridgehead atoms. The van der Waals surface area contributed by atoms with E-state index in [1.54, 1.807) is 19.4 Å². The summed E-state index contributed by atoms with van der Waals surface area (Å²) in [7, 11) is 1.73. The molecule has 1 heterocycles. The standard InChI is InChI=1S/C13H15F2NO/c1-16-13(9-4-3-7-17-8-9)10-5-2-6-11(14)12(10)15/h2,5-6,8,13,16H,3-4,7H2,1H3. The van der Waals surface area contributed by atoms with Crippen LogP contribution in [-0.4, -0.2) is 13.7 Å². The lowest BCUT2D eigenvalue weighted by atomic mass is 9.95. The zero-order valence-electron chi connectivity index (χ0n) is 9.67. The Morgan fingerprint density at radius 3 is 2.82 bits per heavy atom. The van der Waals surface area contributed by atoms with Crippen molar-refractivity contribution in [2.45, 2.75) is 18.9 Å². The van der Waals surface area contributed by atoms with Crippen molar-refractivity contribution in [2.75, 3.05) is 13.7 Å². The van der Waals surface area contributed by atoms with Gasteiger partial charge < -0.3 is 10.1 Å². The van der Waals surface area contributed by atoms with E-state index in [0.717, 1.165) is 24.5 Å². The van der Waals surface area contributed by atoms with Crippen molar-refractivity contribution >= 4 is 0 Å². The highest BCUT2D eigenvalue weighted by Crippen LogP contribution is 2.29. The highest BCUT2D eigenvalue weighted by molar-refractivity contribution is 5.30. The molecule has 17 heavy (non-hydrogen) atoms. The van der Waals surface area contributed by atoms with E-state index in [2.05, 4.69) is 5.32 Å². The average Bonchev–Trinajstić information content (AvgIpc) is 2.37. The molecular formula is C13H15F2NO. The molecule has 1 atom stereocenters. The summed E-state index contributed by atoms with van der Waals surface area (Å²) in [6, 6.07) is 3.90. The quantitative estimate of drug-likeness (QED) is 0.875. The van der Waals surface area contributed by atoms with Crippen molar-refractivity contribution in [1.82, 2.24) is 5.32 Å². The molecule has 92 valence electrons. The van der Waals surface area contributed by atoms with Crippen molar-refractivity contribution in [2.24, 2.45) is 0 Å². The topological polar surface area (TPSA) is 21.3 Å². The van der Waals surface area contributed by atoms with Crippen LogP contribution in [0.3, 0.4) is 0 Å². The molecule has 1 aliphatic heterocycles. The zero-order valence-corrected chi connectivity index (χ0v) is 9.67. The predicted octanol–water partition coefficient (Wildman–Crippen LogP) is 2.92. The molecule has 2 nitrogen and oxygen atoms in total. The summed E-state index contributed by atoms with van der Waals surface area (Å²) < 4.78 is 32.1. The SMILES string of the molecule is CNC(C1=COCCC1)c1cccc(F)c1F. The van der Waals surface area contributed by atoms with Gasteiger partial charge in [-0.05, 0) is 31.5 Å². The molecule has 0 saturated carbocycles.